The predicted molar refractivity (Wildman–Crippen MR) is 88.5 cm³/mol. The van der Waals surface area contributed by atoms with E-state index in [4.69, 9.17) is 16.3 Å². The molecule has 0 spiro atoms. The molecule has 2 N–H and O–H groups in total. The molecule has 2 saturated heterocycles. The highest BCUT2D eigenvalue weighted by Gasteiger charge is 2.36. The summed E-state index contributed by atoms with van der Waals surface area (Å²) in [6.07, 6.45) is 4.72. The van der Waals surface area contributed by atoms with Gasteiger partial charge in [-0.3, -0.25) is 0 Å². The van der Waals surface area contributed by atoms with Crippen molar-refractivity contribution in [1.82, 2.24) is 10.0 Å². The van der Waals surface area contributed by atoms with Crippen molar-refractivity contribution in [1.29, 1.82) is 0 Å². The van der Waals surface area contributed by atoms with Gasteiger partial charge in [0.05, 0.1) is 9.92 Å². The minimum absolute atomic E-state index is 0.000883. The van der Waals surface area contributed by atoms with Gasteiger partial charge in [-0.2, -0.15) is 0 Å². The Morgan fingerprint density at radius 3 is 2.65 bits per heavy atom. The molecule has 4 rings (SSSR count). The van der Waals surface area contributed by atoms with Gasteiger partial charge in [0.1, 0.15) is 11.9 Å². The molecular formula is C16H21ClN2O3S. The first-order valence-corrected chi connectivity index (χ1v) is 10.0. The minimum Gasteiger partial charge on any atom is -0.489 e. The second kappa shape index (κ2) is 5.62. The van der Waals surface area contributed by atoms with Crippen molar-refractivity contribution in [2.45, 2.75) is 68.2 Å². The summed E-state index contributed by atoms with van der Waals surface area (Å²) in [6, 6.07) is 4.08. The maximum absolute atomic E-state index is 12.7. The fourth-order valence-corrected chi connectivity index (χ4v) is 5.74. The number of rotatable bonds is 3. The number of halogens is 1. The molecule has 0 amide bonds. The van der Waals surface area contributed by atoms with Gasteiger partial charge in [-0.25, -0.2) is 13.1 Å². The number of hydrogen-bond acceptors (Lipinski definition) is 4. The maximum Gasteiger partial charge on any atom is 0.240 e. The van der Waals surface area contributed by atoms with Gasteiger partial charge < -0.3 is 10.1 Å². The Morgan fingerprint density at radius 2 is 1.96 bits per heavy atom. The number of hydrogen-bond donors (Lipinski definition) is 2. The molecule has 126 valence electrons. The molecule has 3 heterocycles. The van der Waals surface area contributed by atoms with Gasteiger partial charge in [0.2, 0.25) is 10.0 Å². The van der Waals surface area contributed by atoms with Crippen LogP contribution in [0.1, 0.15) is 38.2 Å². The van der Waals surface area contributed by atoms with Crippen molar-refractivity contribution in [3.63, 3.8) is 0 Å². The summed E-state index contributed by atoms with van der Waals surface area (Å²) in [5.41, 5.74) is 0.871. The summed E-state index contributed by atoms with van der Waals surface area (Å²) < 4.78 is 34.0. The van der Waals surface area contributed by atoms with Crippen LogP contribution in [-0.4, -0.2) is 32.6 Å². The van der Waals surface area contributed by atoms with Gasteiger partial charge in [-0.15, -0.1) is 0 Å². The minimum atomic E-state index is -3.56. The van der Waals surface area contributed by atoms with Crippen molar-refractivity contribution in [2.24, 2.45) is 0 Å². The first kappa shape index (κ1) is 15.7. The summed E-state index contributed by atoms with van der Waals surface area (Å²) in [5, 5.41) is 3.89. The molecule has 1 aromatic carbocycles. The summed E-state index contributed by atoms with van der Waals surface area (Å²) in [4.78, 5) is 0.241. The molecule has 7 heteroatoms. The Morgan fingerprint density at radius 1 is 1.26 bits per heavy atom. The number of ether oxygens (including phenoxy) is 1. The normalized spacial score (nSPS) is 32.6. The van der Waals surface area contributed by atoms with E-state index in [1.165, 1.54) is 6.07 Å². The zero-order valence-corrected chi connectivity index (χ0v) is 14.6. The van der Waals surface area contributed by atoms with Crippen LogP contribution >= 0.6 is 11.6 Å². The molecule has 3 unspecified atom stereocenters. The lowest BCUT2D eigenvalue weighted by molar-refractivity contribution is 0.255. The van der Waals surface area contributed by atoms with E-state index in [9.17, 15) is 8.42 Å². The third-order valence-corrected chi connectivity index (χ3v) is 6.81. The highest BCUT2D eigenvalue weighted by Crippen LogP contribution is 2.38. The summed E-state index contributed by atoms with van der Waals surface area (Å²) in [6.45, 7) is 1.95. The van der Waals surface area contributed by atoms with Crippen LogP contribution in [0.2, 0.25) is 5.02 Å². The van der Waals surface area contributed by atoms with Crippen LogP contribution in [0, 0.1) is 0 Å². The van der Waals surface area contributed by atoms with Crippen molar-refractivity contribution in [3.8, 4) is 5.75 Å². The molecule has 0 aromatic heterocycles. The third kappa shape index (κ3) is 2.97. The van der Waals surface area contributed by atoms with Crippen molar-refractivity contribution >= 4 is 21.6 Å². The first-order valence-electron chi connectivity index (χ1n) is 8.18. The predicted octanol–water partition coefficient (Wildman–Crippen LogP) is 2.22. The third-order valence-electron chi connectivity index (χ3n) is 5.03. The molecule has 23 heavy (non-hydrogen) atoms. The van der Waals surface area contributed by atoms with Gasteiger partial charge in [-0.1, -0.05) is 11.6 Å². The molecule has 2 fully saturated rings. The molecule has 2 bridgehead atoms. The van der Waals surface area contributed by atoms with Crippen LogP contribution in [0.25, 0.3) is 0 Å². The average Bonchev–Trinajstić information content (AvgIpc) is 3.00. The van der Waals surface area contributed by atoms with Crippen LogP contribution in [0.15, 0.2) is 17.0 Å². The molecular weight excluding hydrogens is 336 g/mol. The number of piperidine rings is 1. The fourth-order valence-electron chi connectivity index (χ4n) is 4.06. The molecule has 3 aliphatic heterocycles. The molecule has 0 radical (unpaired) electrons. The Kier molecular flexibility index (Phi) is 3.83. The summed E-state index contributed by atoms with van der Waals surface area (Å²) >= 11 is 6.22. The molecule has 0 aliphatic carbocycles. The Hall–Kier alpha value is -0.820. The molecule has 1 aromatic rings. The average molecular weight is 357 g/mol. The Balaban J connectivity index is 1.57. The van der Waals surface area contributed by atoms with E-state index in [0.717, 1.165) is 31.2 Å². The number of fused-ring (bicyclic) bond motifs is 3. The molecule has 5 nitrogen and oxygen atoms in total. The van der Waals surface area contributed by atoms with E-state index in [0.29, 0.717) is 29.3 Å². The van der Waals surface area contributed by atoms with Crippen molar-refractivity contribution in [2.75, 3.05) is 0 Å². The molecule has 3 aliphatic rings. The lowest BCUT2D eigenvalue weighted by atomic mass is 10.0. The van der Waals surface area contributed by atoms with Gasteiger partial charge in [0.15, 0.2) is 0 Å². The van der Waals surface area contributed by atoms with Crippen LogP contribution in [0.3, 0.4) is 0 Å². The van der Waals surface area contributed by atoms with Gasteiger partial charge in [-0.05, 0) is 44.7 Å². The maximum atomic E-state index is 12.7. The Labute approximate surface area is 141 Å². The monoisotopic (exact) mass is 356 g/mol. The number of sulfonamides is 1. The number of benzene rings is 1. The van der Waals surface area contributed by atoms with E-state index in [1.807, 2.05) is 6.92 Å². The van der Waals surface area contributed by atoms with Crippen LogP contribution in [-0.2, 0) is 16.4 Å². The smallest absolute Gasteiger partial charge is 0.240 e. The molecule has 0 saturated carbocycles. The summed E-state index contributed by atoms with van der Waals surface area (Å²) in [5.74, 6) is 0.623. The SMILES string of the molecule is CC1Cc2cc(S(=O)(=O)NC3CC4CCC(C3)N4)cc(Cl)c2O1. The quantitative estimate of drug-likeness (QED) is 0.871. The van der Waals surface area contributed by atoms with Crippen molar-refractivity contribution in [3.05, 3.63) is 22.7 Å². The zero-order valence-electron chi connectivity index (χ0n) is 13.0. The topological polar surface area (TPSA) is 67.4 Å². The van der Waals surface area contributed by atoms with Crippen LogP contribution in [0.4, 0.5) is 0 Å². The van der Waals surface area contributed by atoms with E-state index < -0.39 is 10.0 Å². The zero-order chi connectivity index (χ0) is 16.2. The molecule has 3 atom stereocenters. The summed E-state index contributed by atoms with van der Waals surface area (Å²) in [7, 11) is -3.56. The van der Waals surface area contributed by atoms with Gasteiger partial charge >= 0.3 is 0 Å². The second-order valence-corrected chi connectivity index (χ2v) is 9.07. The van der Waals surface area contributed by atoms with E-state index >= 15 is 0 Å². The number of nitrogens with one attached hydrogen (secondary N) is 2. The van der Waals surface area contributed by atoms with Gasteiger partial charge in [0, 0.05) is 30.1 Å². The highest BCUT2D eigenvalue weighted by molar-refractivity contribution is 7.89. The second-order valence-electron chi connectivity index (χ2n) is 6.95. The van der Waals surface area contributed by atoms with E-state index in [2.05, 4.69) is 10.0 Å². The lowest BCUT2D eigenvalue weighted by Gasteiger charge is -2.29. The highest BCUT2D eigenvalue weighted by atomic mass is 35.5. The largest absolute Gasteiger partial charge is 0.489 e. The lowest BCUT2D eigenvalue weighted by Crippen LogP contribution is -2.47. The van der Waals surface area contributed by atoms with Gasteiger partial charge in [0.25, 0.3) is 0 Å². The van der Waals surface area contributed by atoms with Crippen LogP contribution in [0.5, 0.6) is 5.75 Å². The van der Waals surface area contributed by atoms with E-state index in [1.54, 1.807) is 6.07 Å². The van der Waals surface area contributed by atoms with Crippen LogP contribution < -0.4 is 14.8 Å². The van der Waals surface area contributed by atoms with Crippen molar-refractivity contribution < 1.29 is 13.2 Å². The standard InChI is InChI=1S/C16H21ClN2O3S/c1-9-4-10-5-14(8-15(17)16(10)22-9)23(20,21)19-13-6-11-2-3-12(7-13)18-11/h5,8-9,11-13,18-19H,2-4,6-7H2,1H3. The fraction of sp³-hybridized carbons (Fsp3) is 0.625. The Bertz CT molecular complexity index is 725. The first-order chi connectivity index (χ1) is 10.9. The van der Waals surface area contributed by atoms with E-state index in [-0.39, 0.29) is 17.0 Å².